The maximum Gasteiger partial charge on any atom is 0.200 e. The molecule has 0 aliphatic carbocycles. The summed E-state index contributed by atoms with van der Waals surface area (Å²) in [4.78, 5) is 4.04. The van der Waals surface area contributed by atoms with Crippen molar-refractivity contribution in [1.29, 1.82) is 0 Å². The van der Waals surface area contributed by atoms with Crippen molar-refractivity contribution in [2.45, 2.75) is 12.5 Å². The third-order valence-electron chi connectivity index (χ3n) is 1.86. The molecule has 0 atom stereocenters. The van der Waals surface area contributed by atoms with Crippen LogP contribution in [0.2, 0.25) is 0 Å². The molecule has 0 saturated carbocycles. The van der Waals surface area contributed by atoms with Crippen molar-refractivity contribution in [1.82, 2.24) is 10.3 Å². The molecule has 2 heterocycles. The fraction of sp³-hybridized carbons (Fsp3) is 0.571. The number of aliphatic hydroxyl groups is 1. The van der Waals surface area contributed by atoms with E-state index in [0.717, 1.165) is 19.0 Å². The second-order valence-electron chi connectivity index (χ2n) is 2.68. The third kappa shape index (κ3) is 2.57. The lowest BCUT2D eigenvalue weighted by molar-refractivity contribution is 0.236. The van der Waals surface area contributed by atoms with Crippen LogP contribution in [-0.2, 0) is 6.61 Å². The molecule has 0 unspecified atom stereocenters. The van der Waals surface area contributed by atoms with Crippen LogP contribution in [0.1, 0.15) is 17.6 Å². The first-order valence-corrected chi connectivity index (χ1v) is 3.66. The van der Waals surface area contributed by atoms with Crippen LogP contribution in [0.15, 0.2) is 10.6 Å². The zero-order chi connectivity index (χ0) is 7.68. The van der Waals surface area contributed by atoms with E-state index < -0.39 is 0 Å². The van der Waals surface area contributed by atoms with E-state index in [1.165, 1.54) is 0 Å². The number of aromatic nitrogens is 1. The molecule has 0 radical (unpaired) electrons. The van der Waals surface area contributed by atoms with Crippen molar-refractivity contribution in [3.8, 4) is 0 Å². The van der Waals surface area contributed by atoms with Crippen LogP contribution < -0.4 is 5.32 Å². The van der Waals surface area contributed by atoms with E-state index in [2.05, 4.69) is 10.3 Å². The fourth-order valence-corrected chi connectivity index (χ4v) is 1.05. The second kappa shape index (κ2) is 5.44. The van der Waals surface area contributed by atoms with Crippen molar-refractivity contribution in [2.24, 2.45) is 0 Å². The number of nitrogens with one attached hydrogen (secondary N) is 1. The van der Waals surface area contributed by atoms with Gasteiger partial charge in [-0.15, -0.1) is 24.8 Å². The van der Waals surface area contributed by atoms with Gasteiger partial charge in [-0.2, -0.15) is 0 Å². The maximum atomic E-state index is 8.67. The molecule has 0 bridgehead atoms. The molecule has 2 N–H and O–H groups in total. The molecule has 0 aromatic carbocycles. The predicted octanol–water partition coefficient (Wildman–Crippen LogP) is 0.697. The molecule has 1 saturated heterocycles. The minimum atomic E-state index is -0.0624. The maximum absolute atomic E-state index is 8.67. The van der Waals surface area contributed by atoms with E-state index >= 15 is 0 Å². The van der Waals surface area contributed by atoms with Gasteiger partial charge in [-0.3, -0.25) is 0 Å². The minimum Gasteiger partial charge on any atom is -0.443 e. The summed E-state index contributed by atoms with van der Waals surface area (Å²) in [5.41, 5.74) is 0. The topological polar surface area (TPSA) is 58.3 Å². The lowest BCUT2D eigenvalue weighted by atomic mass is 10.0. The first kappa shape index (κ1) is 12.7. The van der Waals surface area contributed by atoms with Gasteiger partial charge >= 0.3 is 0 Å². The Morgan fingerprint density at radius 1 is 1.54 bits per heavy atom. The van der Waals surface area contributed by atoms with Gasteiger partial charge in [0.2, 0.25) is 0 Å². The summed E-state index contributed by atoms with van der Waals surface area (Å²) in [5, 5.41) is 11.8. The fourth-order valence-electron chi connectivity index (χ4n) is 1.05. The summed E-state index contributed by atoms with van der Waals surface area (Å²) in [6.45, 7) is 1.81. The second-order valence-corrected chi connectivity index (χ2v) is 2.68. The number of nitrogens with zero attached hydrogens (tertiary/aromatic N) is 1. The van der Waals surface area contributed by atoms with Gasteiger partial charge in [0.15, 0.2) is 5.89 Å². The predicted molar refractivity (Wildman–Crippen MR) is 52.5 cm³/mol. The van der Waals surface area contributed by atoms with Crippen molar-refractivity contribution in [3.05, 3.63) is 17.8 Å². The molecule has 0 amide bonds. The molecule has 0 spiro atoms. The lowest BCUT2D eigenvalue weighted by Crippen LogP contribution is -2.40. The van der Waals surface area contributed by atoms with E-state index in [4.69, 9.17) is 9.52 Å². The Balaban J connectivity index is 0.000000720. The van der Waals surface area contributed by atoms with Crippen LogP contribution in [0.5, 0.6) is 0 Å². The van der Waals surface area contributed by atoms with Crippen molar-refractivity contribution < 1.29 is 9.52 Å². The molecule has 13 heavy (non-hydrogen) atoms. The Morgan fingerprint density at radius 3 is 2.62 bits per heavy atom. The summed E-state index contributed by atoms with van der Waals surface area (Å²) < 4.78 is 5.24. The Hall–Kier alpha value is -0.290. The van der Waals surface area contributed by atoms with Gasteiger partial charge in [0, 0.05) is 13.1 Å². The van der Waals surface area contributed by atoms with E-state index in [1.54, 1.807) is 6.20 Å². The van der Waals surface area contributed by atoms with Crippen LogP contribution in [-0.4, -0.2) is 23.2 Å². The van der Waals surface area contributed by atoms with Crippen molar-refractivity contribution in [2.75, 3.05) is 13.1 Å². The highest BCUT2D eigenvalue weighted by atomic mass is 35.5. The Bertz CT molecular complexity index is 250. The number of hydrogen-bond donors (Lipinski definition) is 2. The van der Waals surface area contributed by atoms with Crippen LogP contribution in [0.4, 0.5) is 0 Å². The molecule has 4 nitrogen and oxygen atoms in total. The summed E-state index contributed by atoms with van der Waals surface area (Å²) in [6.07, 6.45) is 1.58. The van der Waals surface area contributed by atoms with Crippen LogP contribution in [0, 0.1) is 0 Å². The van der Waals surface area contributed by atoms with E-state index in [-0.39, 0.29) is 31.4 Å². The molecular weight excluding hydrogens is 215 g/mol. The SMILES string of the molecule is Cl.Cl.OCc1cnc(C2CNC2)o1. The number of hydrogen-bond acceptors (Lipinski definition) is 4. The van der Waals surface area contributed by atoms with E-state index in [0.29, 0.717) is 11.7 Å². The van der Waals surface area contributed by atoms with Gasteiger partial charge in [-0.1, -0.05) is 0 Å². The largest absolute Gasteiger partial charge is 0.443 e. The van der Waals surface area contributed by atoms with Gasteiger partial charge in [0.25, 0.3) is 0 Å². The molecule has 2 rings (SSSR count). The summed E-state index contributed by atoms with van der Waals surface area (Å²) >= 11 is 0. The van der Waals surface area contributed by atoms with E-state index in [9.17, 15) is 0 Å². The molecule has 1 aromatic heterocycles. The average molecular weight is 227 g/mol. The quantitative estimate of drug-likeness (QED) is 0.780. The van der Waals surface area contributed by atoms with Crippen LogP contribution in [0.3, 0.4) is 0 Å². The monoisotopic (exact) mass is 226 g/mol. The first-order valence-electron chi connectivity index (χ1n) is 3.66. The number of halogens is 2. The molecule has 1 aliphatic rings. The number of rotatable bonds is 2. The summed E-state index contributed by atoms with van der Waals surface area (Å²) in [7, 11) is 0. The van der Waals surface area contributed by atoms with Gasteiger partial charge in [-0.25, -0.2) is 4.98 Å². The van der Waals surface area contributed by atoms with Crippen molar-refractivity contribution >= 4 is 24.8 Å². The smallest absolute Gasteiger partial charge is 0.200 e. The lowest BCUT2D eigenvalue weighted by Gasteiger charge is -2.23. The average Bonchev–Trinajstić information content (AvgIpc) is 2.32. The standard InChI is InChI=1S/C7H10N2O2.2ClH/c10-4-6-3-9-7(11-6)5-1-8-2-5;;/h3,5,8,10H,1-2,4H2;2*1H. The summed E-state index contributed by atoms with van der Waals surface area (Å²) in [5.74, 6) is 1.70. The minimum absolute atomic E-state index is 0. The molecule has 6 heteroatoms. The van der Waals surface area contributed by atoms with Crippen LogP contribution >= 0.6 is 24.8 Å². The Labute approximate surface area is 88.5 Å². The highest BCUT2D eigenvalue weighted by Crippen LogP contribution is 2.18. The Morgan fingerprint density at radius 2 is 2.23 bits per heavy atom. The van der Waals surface area contributed by atoms with Gasteiger partial charge in [0.1, 0.15) is 12.4 Å². The number of oxazole rings is 1. The number of aliphatic hydroxyl groups excluding tert-OH is 1. The Kier molecular flexibility index (Phi) is 5.32. The van der Waals surface area contributed by atoms with Gasteiger partial charge < -0.3 is 14.8 Å². The molecule has 1 aliphatic heterocycles. The van der Waals surface area contributed by atoms with Crippen molar-refractivity contribution in [3.63, 3.8) is 0 Å². The molecule has 1 fully saturated rings. The normalized spacial score (nSPS) is 15.5. The molecular formula is C7H12Cl2N2O2. The zero-order valence-electron chi connectivity index (χ0n) is 6.90. The summed E-state index contributed by atoms with van der Waals surface area (Å²) in [6, 6.07) is 0. The zero-order valence-corrected chi connectivity index (χ0v) is 8.53. The van der Waals surface area contributed by atoms with Crippen LogP contribution in [0.25, 0.3) is 0 Å². The molecule has 76 valence electrons. The van der Waals surface area contributed by atoms with Gasteiger partial charge in [0.05, 0.1) is 12.1 Å². The third-order valence-corrected chi connectivity index (χ3v) is 1.86. The van der Waals surface area contributed by atoms with Gasteiger partial charge in [-0.05, 0) is 0 Å². The highest BCUT2D eigenvalue weighted by molar-refractivity contribution is 5.85. The molecule has 1 aromatic rings. The first-order chi connectivity index (χ1) is 5.40. The van der Waals surface area contributed by atoms with E-state index in [1.807, 2.05) is 0 Å². The highest BCUT2D eigenvalue weighted by Gasteiger charge is 2.23.